The lowest BCUT2D eigenvalue weighted by Gasteiger charge is -2.25. The molecule has 0 spiro atoms. The number of nitrogens with one attached hydrogen (secondary N) is 1. The molecule has 0 amide bonds. The molecule has 8 nitrogen and oxygen atoms in total. The molecule has 2 aromatic rings. The number of aliphatic hydroxyl groups excluding tert-OH is 2. The van der Waals surface area contributed by atoms with E-state index < -0.39 is 24.1 Å². The average molecular weight is 404 g/mol. The minimum atomic E-state index is -0.803. The number of aromatic nitrogens is 2. The molecule has 9 heteroatoms. The Balaban J connectivity index is 1.63. The van der Waals surface area contributed by atoms with Gasteiger partial charge in [-0.15, -0.1) is 0 Å². The molecule has 2 aliphatic heterocycles. The fourth-order valence-corrected chi connectivity index (χ4v) is 4.56. The molecule has 150 valence electrons. The molecule has 0 aliphatic carbocycles. The van der Waals surface area contributed by atoms with Crippen molar-refractivity contribution in [2.45, 2.75) is 48.5 Å². The smallest absolute Gasteiger partial charge is 0.351 e. The lowest BCUT2D eigenvalue weighted by atomic mass is 10.2. The fourth-order valence-electron chi connectivity index (χ4n) is 3.61. The molecule has 28 heavy (non-hydrogen) atoms. The molecule has 2 aliphatic rings. The zero-order valence-electron chi connectivity index (χ0n) is 15.8. The van der Waals surface area contributed by atoms with Gasteiger partial charge in [-0.05, 0) is 32.0 Å². The van der Waals surface area contributed by atoms with Crippen LogP contribution in [0.2, 0.25) is 0 Å². The molecule has 0 radical (unpaired) electrons. The number of hydrogen-bond acceptors (Lipinski definition) is 8. The number of anilines is 3. The van der Waals surface area contributed by atoms with Crippen LogP contribution in [0.4, 0.5) is 17.2 Å². The van der Waals surface area contributed by atoms with Gasteiger partial charge in [-0.3, -0.25) is 4.57 Å². The fraction of sp³-hybridized carbons (Fsp3) is 0.474. The van der Waals surface area contributed by atoms with Gasteiger partial charge >= 0.3 is 5.69 Å². The Morgan fingerprint density at radius 2 is 2.14 bits per heavy atom. The van der Waals surface area contributed by atoms with Crippen LogP contribution in [-0.2, 0) is 4.74 Å². The maximum absolute atomic E-state index is 12.5. The third kappa shape index (κ3) is 3.39. The standard InChI is InChI=1S/C19H24N4O4S/c1-3-22(4-2)11-5-6-15-12(7-11)20-18-16(28-15)9-23(19(26)21-18)17-8-13(25)14(10-24)27-17/h5-7,9,13-14,17,24-25H,3-4,8,10H2,1-2H3,(H,20,21,26)/t13?,14-,17-/m1/s1. The van der Waals surface area contributed by atoms with E-state index in [1.165, 1.54) is 16.3 Å². The van der Waals surface area contributed by atoms with E-state index in [1.807, 2.05) is 0 Å². The summed E-state index contributed by atoms with van der Waals surface area (Å²) < 4.78 is 7.00. The van der Waals surface area contributed by atoms with Crippen LogP contribution in [-0.4, -0.2) is 51.7 Å². The van der Waals surface area contributed by atoms with E-state index in [0.717, 1.165) is 34.3 Å². The van der Waals surface area contributed by atoms with E-state index in [2.05, 4.69) is 47.2 Å². The number of rotatable bonds is 5. The first-order valence-electron chi connectivity index (χ1n) is 9.45. The molecule has 0 bridgehead atoms. The predicted octanol–water partition coefficient (Wildman–Crippen LogP) is 1.94. The molecule has 1 unspecified atom stereocenters. The molecular weight excluding hydrogens is 380 g/mol. The van der Waals surface area contributed by atoms with E-state index in [9.17, 15) is 15.0 Å². The first-order valence-corrected chi connectivity index (χ1v) is 10.3. The third-order valence-corrected chi connectivity index (χ3v) is 6.27. The number of hydrogen-bond donors (Lipinski definition) is 3. The van der Waals surface area contributed by atoms with Gasteiger partial charge in [0.1, 0.15) is 12.3 Å². The zero-order valence-corrected chi connectivity index (χ0v) is 16.6. The highest BCUT2D eigenvalue weighted by Gasteiger charge is 2.35. The molecule has 3 N–H and O–H groups in total. The summed E-state index contributed by atoms with van der Waals surface area (Å²) in [6.07, 6.45) is -0.167. The lowest BCUT2D eigenvalue weighted by Crippen LogP contribution is -2.29. The summed E-state index contributed by atoms with van der Waals surface area (Å²) >= 11 is 1.54. The second kappa shape index (κ2) is 7.75. The predicted molar refractivity (Wildman–Crippen MR) is 108 cm³/mol. The normalized spacial score (nSPS) is 23.1. The molecule has 1 aromatic carbocycles. The maximum atomic E-state index is 12.5. The molecular formula is C19H24N4O4S. The Kier molecular flexibility index (Phi) is 5.33. The van der Waals surface area contributed by atoms with E-state index in [0.29, 0.717) is 5.82 Å². The van der Waals surface area contributed by atoms with Gasteiger partial charge in [0.2, 0.25) is 0 Å². The van der Waals surface area contributed by atoms with Crippen molar-refractivity contribution in [1.82, 2.24) is 9.55 Å². The minimum absolute atomic E-state index is 0.244. The molecule has 0 saturated carbocycles. The van der Waals surface area contributed by atoms with E-state index in [4.69, 9.17) is 4.74 Å². The van der Waals surface area contributed by atoms with Crippen molar-refractivity contribution in [2.75, 3.05) is 29.9 Å². The Morgan fingerprint density at radius 1 is 1.36 bits per heavy atom. The Bertz CT molecular complexity index is 931. The first-order chi connectivity index (χ1) is 13.5. The largest absolute Gasteiger partial charge is 0.394 e. The summed E-state index contributed by atoms with van der Waals surface area (Å²) in [5.74, 6) is 0.521. The summed E-state index contributed by atoms with van der Waals surface area (Å²) in [6.45, 7) is 5.79. The number of nitrogens with zero attached hydrogens (tertiary/aromatic N) is 3. The van der Waals surface area contributed by atoms with Crippen molar-refractivity contribution < 1.29 is 14.9 Å². The van der Waals surface area contributed by atoms with Crippen LogP contribution in [0.1, 0.15) is 26.5 Å². The average Bonchev–Trinajstić information content (AvgIpc) is 3.07. The zero-order chi connectivity index (χ0) is 19.8. The topological polar surface area (TPSA) is 99.9 Å². The molecule has 4 rings (SSSR count). The highest BCUT2D eigenvalue weighted by Crippen LogP contribution is 2.44. The Labute approximate surface area is 167 Å². The van der Waals surface area contributed by atoms with Gasteiger partial charge in [0.15, 0.2) is 5.82 Å². The number of fused-ring (bicyclic) bond motifs is 2. The monoisotopic (exact) mass is 404 g/mol. The molecule has 3 atom stereocenters. The third-order valence-electron chi connectivity index (χ3n) is 5.18. The van der Waals surface area contributed by atoms with E-state index in [-0.39, 0.29) is 13.0 Å². The van der Waals surface area contributed by atoms with Gasteiger partial charge in [-0.1, -0.05) is 11.8 Å². The lowest BCUT2D eigenvalue weighted by molar-refractivity contribution is -0.0460. The van der Waals surface area contributed by atoms with Gasteiger partial charge < -0.3 is 25.2 Å². The summed E-state index contributed by atoms with van der Waals surface area (Å²) in [5, 5.41) is 22.5. The van der Waals surface area contributed by atoms with Crippen molar-refractivity contribution in [1.29, 1.82) is 0 Å². The van der Waals surface area contributed by atoms with Crippen molar-refractivity contribution in [2.24, 2.45) is 0 Å². The summed E-state index contributed by atoms with van der Waals surface area (Å²) in [5.41, 5.74) is 1.60. The maximum Gasteiger partial charge on any atom is 0.351 e. The van der Waals surface area contributed by atoms with Crippen LogP contribution in [0.15, 0.2) is 39.0 Å². The van der Waals surface area contributed by atoms with Crippen LogP contribution in [0.25, 0.3) is 0 Å². The van der Waals surface area contributed by atoms with Gasteiger partial charge in [0.05, 0.1) is 23.3 Å². The molecule has 1 saturated heterocycles. The Hall–Kier alpha value is -2.07. The molecule has 1 aromatic heterocycles. The van der Waals surface area contributed by atoms with Gasteiger partial charge in [0.25, 0.3) is 0 Å². The second-order valence-electron chi connectivity index (χ2n) is 6.84. The van der Waals surface area contributed by atoms with Crippen molar-refractivity contribution in [3.05, 3.63) is 34.9 Å². The molecule has 1 fully saturated rings. The van der Waals surface area contributed by atoms with Crippen molar-refractivity contribution in [3.63, 3.8) is 0 Å². The second-order valence-corrected chi connectivity index (χ2v) is 7.92. The summed E-state index contributed by atoms with van der Waals surface area (Å²) in [4.78, 5) is 20.8. The minimum Gasteiger partial charge on any atom is -0.394 e. The first kappa shape index (κ1) is 19.3. The highest BCUT2D eigenvalue weighted by atomic mass is 32.2. The van der Waals surface area contributed by atoms with E-state index in [1.54, 1.807) is 6.20 Å². The van der Waals surface area contributed by atoms with Crippen LogP contribution in [0, 0.1) is 0 Å². The summed E-state index contributed by atoms with van der Waals surface area (Å²) in [7, 11) is 0. The van der Waals surface area contributed by atoms with Gasteiger partial charge in [-0.2, -0.15) is 4.98 Å². The van der Waals surface area contributed by atoms with Crippen LogP contribution in [0.5, 0.6) is 0 Å². The SMILES string of the molecule is CCN(CC)c1ccc2c(c1)Nc1nc(=O)n([C@H]3CC(O)[C@@H](CO)O3)cc1S2. The van der Waals surface area contributed by atoms with Gasteiger partial charge in [0, 0.05) is 36.3 Å². The number of benzene rings is 1. The van der Waals surface area contributed by atoms with E-state index >= 15 is 0 Å². The van der Waals surface area contributed by atoms with Crippen LogP contribution < -0.4 is 15.9 Å². The number of ether oxygens (including phenoxy) is 1. The van der Waals surface area contributed by atoms with Crippen molar-refractivity contribution >= 4 is 29.0 Å². The number of aliphatic hydroxyl groups is 2. The Morgan fingerprint density at radius 3 is 2.82 bits per heavy atom. The van der Waals surface area contributed by atoms with Crippen LogP contribution >= 0.6 is 11.8 Å². The highest BCUT2D eigenvalue weighted by molar-refractivity contribution is 7.99. The van der Waals surface area contributed by atoms with Gasteiger partial charge in [-0.25, -0.2) is 4.79 Å². The van der Waals surface area contributed by atoms with Crippen LogP contribution in [0.3, 0.4) is 0 Å². The summed E-state index contributed by atoms with van der Waals surface area (Å²) in [6, 6.07) is 6.24. The van der Waals surface area contributed by atoms with Crippen molar-refractivity contribution in [3.8, 4) is 0 Å². The molecule has 3 heterocycles. The quantitative estimate of drug-likeness (QED) is 0.593.